The van der Waals surface area contributed by atoms with E-state index < -0.39 is 18.2 Å². The van der Waals surface area contributed by atoms with Crippen molar-refractivity contribution in [2.24, 2.45) is 0 Å². The van der Waals surface area contributed by atoms with Crippen molar-refractivity contribution in [1.82, 2.24) is 0 Å². The summed E-state index contributed by atoms with van der Waals surface area (Å²) in [6.45, 7) is 12.9. The summed E-state index contributed by atoms with van der Waals surface area (Å²) in [5.41, 5.74) is 0. The normalized spacial score (nSPS) is 15.0. The minimum atomic E-state index is -3.21. The van der Waals surface area contributed by atoms with Gasteiger partial charge in [0.15, 0.2) is 18.2 Å². The SMILES string of the molecule is CC(CCS(=O)(=O)c1ccccc1)O[Si](C)(C)C(C)(C)C. The van der Waals surface area contributed by atoms with Gasteiger partial charge in [0, 0.05) is 6.10 Å². The molecule has 0 aliphatic carbocycles. The number of benzene rings is 1. The Balaban J connectivity index is 2.64. The van der Waals surface area contributed by atoms with Gasteiger partial charge in [0.2, 0.25) is 0 Å². The van der Waals surface area contributed by atoms with E-state index in [0.29, 0.717) is 11.3 Å². The Hall–Kier alpha value is -0.653. The lowest BCUT2D eigenvalue weighted by atomic mass is 10.2. The van der Waals surface area contributed by atoms with E-state index in [1.54, 1.807) is 24.3 Å². The molecule has 0 aromatic heterocycles. The summed E-state index contributed by atoms with van der Waals surface area (Å²) in [6.07, 6.45) is 0.494. The van der Waals surface area contributed by atoms with E-state index in [-0.39, 0.29) is 16.9 Å². The van der Waals surface area contributed by atoms with Crippen molar-refractivity contribution in [1.29, 1.82) is 0 Å². The van der Waals surface area contributed by atoms with Crippen LogP contribution in [0.2, 0.25) is 18.1 Å². The minimum Gasteiger partial charge on any atom is -0.414 e. The van der Waals surface area contributed by atoms with E-state index in [1.165, 1.54) is 0 Å². The quantitative estimate of drug-likeness (QED) is 0.733. The molecule has 0 amide bonds. The Morgan fingerprint density at radius 1 is 1.14 bits per heavy atom. The predicted octanol–water partition coefficient (Wildman–Crippen LogP) is 4.26. The van der Waals surface area contributed by atoms with Gasteiger partial charge in [-0.05, 0) is 43.6 Å². The third kappa shape index (κ3) is 5.24. The van der Waals surface area contributed by atoms with Crippen LogP contribution in [0.3, 0.4) is 0 Å². The molecule has 0 fully saturated rings. The maximum atomic E-state index is 12.3. The first-order chi connectivity index (χ1) is 9.46. The van der Waals surface area contributed by atoms with Gasteiger partial charge in [-0.3, -0.25) is 0 Å². The van der Waals surface area contributed by atoms with Crippen LogP contribution >= 0.6 is 0 Å². The Morgan fingerprint density at radius 2 is 1.67 bits per heavy atom. The van der Waals surface area contributed by atoms with Gasteiger partial charge in [-0.25, -0.2) is 8.42 Å². The zero-order chi connectivity index (χ0) is 16.3. The van der Waals surface area contributed by atoms with Crippen molar-refractivity contribution < 1.29 is 12.8 Å². The molecule has 0 aliphatic rings. The molecule has 21 heavy (non-hydrogen) atoms. The van der Waals surface area contributed by atoms with Crippen LogP contribution in [0.5, 0.6) is 0 Å². The van der Waals surface area contributed by atoms with Crippen LogP contribution < -0.4 is 0 Å². The van der Waals surface area contributed by atoms with E-state index in [4.69, 9.17) is 4.43 Å². The Morgan fingerprint density at radius 3 is 2.14 bits per heavy atom. The highest BCUT2D eigenvalue weighted by molar-refractivity contribution is 7.91. The Bertz CT molecular complexity index is 545. The summed E-state index contributed by atoms with van der Waals surface area (Å²) in [7, 11) is -5.05. The topological polar surface area (TPSA) is 43.4 Å². The van der Waals surface area contributed by atoms with Gasteiger partial charge in [0.05, 0.1) is 10.6 Å². The zero-order valence-corrected chi connectivity index (χ0v) is 15.8. The summed E-state index contributed by atoms with van der Waals surface area (Å²) in [4.78, 5) is 0.393. The third-order valence-corrected chi connectivity index (χ3v) is 10.6. The van der Waals surface area contributed by atoms with Crippen LogP contribution in [-0.2, 0) is 14.3 Å². The summed E-state index contributed by atoms with van der Waals surface area (Å²) < 4.78 is 30.7. The maximum absolute atomic E-state index is 12.3. The van der Waals surface area contributed by atoms with Gasteiger partial charge in [-0.15, -0.1) is 0 Å². The number of rotatable bonds is 6. The summed E-state index contributed by atoms with van der Waals surface area (Å²) >= 11 is 0. The zero-order valence-electron chi connectivity index (χ0n) is 14.0. The molecule has 0 spiro atoms. The van der Waals surface area contributed by atoms with Crippen molar-refractivity contribution in [3.8, 4) is 0 Å². The second-order valence-corrected chi connectivity index (χ2v) is 14.0. The predicted molar refractivity (Wildman–Crippen MR) is 90.9 cm³/mol. The van der Waals surface area contributed by atoms with Crippen LogP contribution in [-0.4, -0.2) is 28.6 Å². The van der Waals surface area contributed by atoms with Crippen LogP contribution in [0.25, 0.3) is 0 Å². The molecule has 1 aromatic rings. The fraction of sp³-hybridized carbons (Fsp3) is 0.625. The molecular formula is C16H28O3SSi. The molecule has 5 heteroatoms. The highest BCUT2D eigenvalue weighted by Crippen LogP contribution is 2.37. The lowest BCUT2D eigenvalue weighted by Gasteiger charge is -2.38. The van der Waals surface area contributed by atoms with Gasteiger partial charge < -0.3 is 4.43 Å². The first-order valence-corrected chi connectivity index (χ1v) is 12.0. The smallest absolute Gasteiger partial charge is 0.192 e. The Kier molecular flexibility index (Phi) is 5.81. The summed E-state index contributed by atoms with van der Waals surface area (Å²) in [5, 5.41) is 0.138. The van der Waals surface area contributed by atoms with E-state index >= 15 is 0 Å². The second kappa shape index (κ2) is 6.63. The van der Waals surface area contributed by atoms with Crippen LogP contribution in [0.15, 0.2) is 35.2 Å². The average molecular weight is 329 g/mol. The van der Waals surface area contributed by atoms with E-state index in [2.05, 4.69) is 33.9 Å². The molecule has 1 aromatic carbocycles. The fourth-order valence-corrected chi connectivity index (χ4v) is 4.73. The van der Waals surface area contributed by atoms with E-state index in [0.717, 1.165) is 0 Å². The second-order valence-electron chi connectivity index (χ2n) is 7.11. The van der Waals surface area contributed by atoms with Crippen molar-refractivity contribution >= 4 is 18.2 Å². The number of hydrogen-bond acceptors (Lipinski definition) is 3. The Labute approximate surface area is 130 Å². The van der Waals surface area contributed by atoms with Crippen molar-refractivity contribution in [2.45, 2.75) is 63.2 Å². The molecule has 120 valence electrons. The lowest BCUT2D eigenvalue weighted by molar-refractivity contribution is 0.195. The summed E-state index contributed by atoms with van der Waals surface area (Å²) in [5.74, 6) is 0.132. The molecule has 0 N–H and O–H groups in total. The standard InChI is InChI=1S/C16H28O3SSi/c1-14(19-21(5,6)16(2,3)4)12-13-20(17,18)15-10-8-7-9-11-15/h7-11,14H,12-13H2,1-6H3. The van der Waals surface area contributed by atoms with Gasteiger partial charge in [-0.1, -0.05) is 39.0 Å². The van der Waals surface area contributed by atoms with Crippen LogP contribution in [0.1, 0.15) is 34.1 Å². The molecule has 0 bridgehead atoms. The maximum Gasteiger partial charge on any atom is 0.192 e. The van der Waals surface area contributed by atoms with E-state index in [9.17, 15) is 8.42 Å². The first-order valence-electron chi connectivity index (χ1n) is 7.41. The van der Waals surface area contributed by atoms with Crippen molar-refractivity contribution in [2.75, 3.05) is 5.75 Å². The minimum absolute atomic E-state index is 0.0376. The molecule has 0 saturated heterocycles. The largest absolute Gasteiger partial charge is 0.414 e. The van der Waals surface area contributed by atoms with Crippen LogP contribution in [0.4, 0.5) is 0 Å². The van der Waals surface area contributed by atoms with E-state index in [1.807, 2.05) is 13.0 Å². The van der Waals surface area contributed by atoms with Crippen LogP contribution in [0, 0.1) is 0 Å². The molecule has 0 radical (unpaired) electrons. The molecular weight excluding hydrogens is 300 g/mol. The molecule has 1 atom stereocenters. The highest BCUT2D eigenvalue weighted by Gasteiger charge is 2.38. The highest BCUT2D eigenvalue weighted by atomic mass is 32.2. The van der Waals surface area contributed by atoms with Gasteiger partial charge in [0.1, 0.15) is 0 Å². The third-order valence-electron chi connectivity index (χ3n) is 4.20. The monoisotopic (exact) mass is 328 g/mol. The fourth-order valence-electron chi connectivity index (χ4n) is 1.81. The molecule has 3 nitrogen and oxygen atoms in total. The van der Waals surface area contributed by atoms with Crippen molar-refractivity contribution in [3.05, 3.63) is 30.3 Å². The molecule has 0 aliphatic heterocycles. The molecule has 1 rings (SSSR count). The van der Waals surface area contributed by atoms with Gasteiger partial charge in [0.25, 0.3) is 0 Å². The molecule has 0 saturated carbocycles. The average Bonchev–Trinajstić information content (AvgIpc) is 2.36. The van der Waals surface area contributed by atoms with Gasteiger partial charge in [-0.2, -0.15) is 0 Å². The first kappa shape index (κ1) is 18.4. The number of hydrogen-bond donors (Lipinski definition) is 0. The number of sulfone groups is 1. The van der Waals surface area contributed by atoms with Gasteiger partial charge >= 0.3 is 0 Å². The van der Waals surface area contributed by atoms with Crippen molar-refractivity contribution in [3.63, 3.8) is 0 Å². The lowest BCUT2D eigenvalue weighted by Crippen LogP contribution is -2.43. The summed E-state index contributed by atoms with van der Waals surface area (Å²) in [6, 6.07) is 8.62. The molecule has 1 unspecified atom stereocenters. The molecule has 0 heterocycles.